The summed E-state index contributed by atoms with van der Waals surface area (Å²) in [6.45, 7) is 2.40. The molecule has 1 aliphatic heterocycles. The number of aliphatic carboxylic acids is 1. The van der Waals surface area contributed by atoms with Gasteiger partial charge in [-0.25, -0.2) is 4.98 Å². The topological polar surface area (TPSA) is 107 Å². The first-order valence-electron chi connectivity index (χ1n) is 6.33. The summed E-state index contributed by atoms with van der Waals surface area (Å²) in [5, 5.41) is 14.6. The van der Waals surface area contributed by atoms with Gasteiger partial charge in [0.15, 0.2) is 0 Å². The summed E-state index contributed by atoms with van der Waals surface area (Å²) in [4.78, 5) is 29.7. The van der Waals surface area contributed by atoms with Gasteiger partial charge in [-0.3, -0.25) is 14.9 Å². The van der Waals surface area contributed by atoms with Gasteiger partial charge in [-0.05, 0) is 13.3 Å². The van der Waals surface area contributed by atoms with Crippen molar-refractivity contribution in [2.45, 2.75) is 44.8 Å². The monoisotopic (exact) mass is 266 g/mol. The minimum absolute atomic E-state index is 0.0586. The lowest BCUT2D eigenvalue weighted by Gasteiger charge is -2.24. The van der Waals surface area contributed by atoms with Crippen LogP contribution < -0.4 is 10.6 Å². The number of nitrogens with zero attached hydrogens (tertiary/aromatic N) is 1. The lowest BCUT2D eigenvalue weighted by Crippen LogP contribution is -2.50. The minimum Gasteiger partial charge on any atom is -0.481 e. The Balaban J connectivity index is 1.83. The molecule has 0 fully saturated rings. The largest absolute Gasteiger partial charge is 0.481 e. The Labute approximate surface area is 110 Å². The van der Waals surface area contributed by atoms with E-state index in [9.17, 15) is 9.59 Å². The van der Waals surface area contributed by atoms with Crippen molar-refractivity contribution in [1.29, 1.82) is 0 Å². The lowest BCUT2D eigenvalue weighted by atomic mass is 10.0. The maximum Gasteiger partial charge on any atom is 0.303 e. The minimum atomic E-state index is -0.849. The number of rotatable bonds is 5. The molecule has 0 saturated heterocycles. The van der Waals surface area contributed by atoms with Gasteiger partial charge in [0, 0.05) is 25.4 Å². The van der Waals surface area contributed by atoms with Gasteiger partial charge in [0.2, 0.25) is 5.91 Å². The molecule has 7 heteroatoms. The number of nitrogens with one attached hydrogen (secondary N) is 3. The maximum absolute atomic E-state index is 12.0. The maximum atomic E-state index is 12.0. The van der Waals surface area contributed by atoms with Crippen molar-refractivity contribution < 1.29 is 14.7 Å². The number of amides is 1. The molecule has 19 heavy (non-hydrogen) atoms. The zero-order valence-electron chi connectivity index (χ0n) is 10.8. The van der Waals surface area contributed by atoms with Gasteiger partial charge in [-0.1, -0.05) is 0 Å². The molecule has 1 aliphatic rings. The van der Waals surface area contributed by atoms with Crippen LogP contribution in [0.3, 0.4) is 0 Å². The molecule has 2 rings (SSSR count). The lowest BCUT2D eigenvalue weighted by molar-refractivity contribution is -0.137. The second kappa shape index (κ2) is 5.83. The highest BCUT2D eigenvalue weighted by molar-refractivity contribution is 5.82. The summed E-state index contributed by atoms with van der Waals surface area (Å²) in [5.74, 6) is -0.954. The first kappa shape index (κ1) is 13.5. The zero-order chi connectivity index (χ0) is 13.8. The van der Waals surface area contributed by atoms with Gasteiger partial charge < -0.3 is 15.4 Å². The van der Waals surface area contributed by atoms with Crippen molar-refractivity contribution in [2.24, 2.45) is 0 Å². The van der Waals surface area contributed by atoms with Gasteiger partial charge in [-0.2, -0.15) is 0 Å². The van der Waals surface area contributed by atoms with Crippen molar-refractivity contribution in [3.63, 3.8) is 0 Å². The van der Waals surface area contributed by atoms with Crippen LogP contribution >= 0.6 is 0 Å². The molecule has 0 saturated carbocycles. The molecule has 1 aromatic rings. The van der Waals surface area contributed by atoms with Crippen molar-refractivity contribution >= 4 is 11.9 Å². The summed E-state index contributed by atoms with van der Waals surface area (Å²) in [7, 11) is 0. The molecule has 0 radical (unpaired) electrons. The van der Waals surface area contributed by atoms with E-state index in [1.165, 1.54) is 0 Å². The second-order valence-corrected chi connectivity index (χ2v) is 4.81. The quantitative estimate of drug-likeness (QED) is 0.590. The Morgan fingerprint density at radius 2 is 2.42 bits per heavy atom. The van der Waals surface area contributed by atoms with Crippen LogP contribution in [-0.2, 0) is 22.6 Å². The smallest absolute Gasteiger partial charge is 0.303 e. The molecule has 0 spiro atoms. The Morgan fingerprint density at radius 1 is 1.63 bits per heavy atom. The third-order valence-corrected chi connectivity index (χ3v) is 3.23. The number of imidazole rings is 1. The Kier molecular flexibility index (Phi) is 4.16. The molecule has 1 aromatic heterocycles. The Bertz CT molecular complexity index is 471. The van der Waals surface area contributed by atoms with E-state index >= 15 is 0 Å². The normalized spacial score (nSPS) is 19.5. The fourth-order valence-electron chi connectivity index (χ4n) is 2.11. The van der Waals surface area contributed by atoms with Crippen molar-refractivity contribution in [3.05, 3.63) is 17.7 Å². The van der Waals surface area contributed by atoms with Gasteiger partial charge in [-0.15, -0.1) is 0 Å². The summed E-state index contributed by atoms with van der Waals surface area (Å²) in [5.41, 5.74) is 1.93. The second-order valence-electron chi connectivity index (χ2n) is 4.81. The van der Waals surface area contributed by atoms with Crippen molar-refractivity contribution in [3.8, 4) is 0 Å². The third kappa shape index (κ3) is 3.54. The molecule has 2 unspecified atom stereocenters. The van der Waals surface area contributed by atoms with Gasteiger partial charge in [0.05, 0.1) is 23.8 Å². The molecule has 0 bridgehead atoms. The van der Waals surface area contributed by atoms with Gasteiger partial charge >= 0.3 is 5.97 Å². The van der Waals surface area contributed by atoms with E-state index in [4.69, 9.17) is 5.11 Å². The fraction of sp³-hybridized carbons (Fsp3) is 0.583. The molecule has 2 atom stereocenters. The third-order valence-electron chi connectivity index (χ3n) is 3.23. The summed E-state index contributed by atoms with van der Waals surface area (Å²) < 4.78 is 0. The number of hydrogen-bond acceptors (Lipinski definition) is 4. The number of fused-ring (bicyclic) bond motifs is 1. The molecule has 1 amide bonds. The first-order chi connectivity index (χ1) is 9.06. The van der Waals surface area contributed by atoms with Gasteiger partial charge in [0.25, 0.3) is 0 Å². The van der Waals surface area contributed by atoms with Crippen LogP contribution in [0.25, 0.3) is 0 Å². The van der Waals surface area contributed by atoms with Crippen LogP contribution in [0.4, 0.5) is 0 Å². The van der Waals surface area contributed by atoms with Crippen LogP contribution in [-0.4, -0.2) is 39.0 Å². The number of aromatic amines is 1. The number of carboxylic acids is 1. The summed E-state index contributed by atoms with van der Waals surface area (Å²) in [6, 6.07) is -0.450. The number of hydrogen-bond donors (Lipinski definition) is 4. The van der Waals surface area contributed by atoms with Crippen LogP contribution in [0.2, 0.25) is 0 Å². The predicted molar refractivity (Wildman–Crippen MR) is 67.4 cm³/mol. The van der Waals surface area contributed by atoms with Crippen molar-refractivity contribution in [1.82, 2.24) is 20.6 Å². The van der Waals surface area contributed by atoms with Gasteiger partial charge in [0.1, 0.15) is 0 Å². The number of carboxylic acid groups (broad SMARTS) is 1. The highest BCUT2D eigenvalue weighted by Gasteiger charge is 2.26. The highest BCUT2D eigenvalue weighted by Crippen LogP contribution is 2.12. The Hall–Kier alpha value is -1.89. The number of carbonyl (C=O) groups is 2. The molecule has 0 aliphatic carbocycles. The highest BCUT2D eigenvalue weighted by atomic mass is 16.4. The molecule has 104 valence electrons. The standard InChI is InChI=1S/C12H18N4O3/c1-7(2-3-11(17)18)16-12(19)9-4-8-10(5-13-9)15-6-14-8/h6-7,9,13H,2-5H2,1H3,(H,14,15)(H,16,19)(H,17,18). The van der Waals surface area contributed by atoms with Crippen LogP contribution in [0.15, 0.2) is 6.33 Å². The molecular formula is C12H18N4O3. The first-order valence-corrected chi connectivity index (χ1v) is 6.33. The predicted octanol–water partition coefficient (Wildman–Crippen LogP) is -0.206. The van der Waals surface area contributed by atoms with E-state index in [0.717, 1.165) is 11.4 Å². The van der Waals surface area contributed by atoms with Crippen molar-refractivity contribution in [2.75, 3.05) is 0 Å². The molecule has 4 N–H and O–H groups in total. The van der Waals surface area contributed by atoms with E-state index < -0.39 is 5.97 Å². The average Bonchev–Trinajstić information content (AvgIpc) is 2.83. The summed E-state index contributed by atoms with van der Waals surface area (Å²) in [6.07, 6.45) is 2.67. The fourth-order valence-corrected chi connectivity index (χ4v) is 2.11. The SMILES string of the molecule is CC(CCC(=O)O)NC(=O)C1Cc2nc[nH]c2CN1. The zero-order valence-corrected chi connectivity index (χ0v) is 10.8. The van der Waals surface area contributed by atoms with Crippen LogP contribution in [0, 0.1) is 0 Å². The van der Waals surface area contributed by atoms with E-state index in [0.29, 0.717) is 19.4 Å². The molecule has 2 heterocycles. The molecular weight excluding hydrogens is 248 g/mol. The number of carbonyl (C=O) groups excluding carboxylic acids is 1. The number of H-pyrrole nitrogens is 1. The average molecular weight is 266 g/mol. The van der Waals surface area contributed by atoms with E-state index in [1.807, 2.05) is 6.92 Å². The summed E-state index contributed by atoms with van der Waals surface area (Å²) >= 11 is 0. The number of aromatic nitrogens is 2. The molecule has 7 nitrogen and oxygen atoms in total. The molecule has 0 aromatic carbocycles. The van der Waals surface area contributed by atoms with Crippen LogP contribution in [0.5, 0.6) is 0 Å². The van der Waals surface area contributed by atoms with Crippen LogP contribution in [0.1, 0.15) is 31.2 Å². The van der Waals surface area contributed by atoms with E-state index in [1.54, 1.807) is 6.33 Å². The van der Waals surface area contributed by atoms with E-state index in [-0.39, 0.29) is 24.4 Å². The Morgan fingerprint density at radius 3 is 3.16 bits per heavy atom. The van der Waals surface area contributed by atoms with E-state index in [2.05, 4.69) is 20.6 Å².